The van der Waals surface area contributed by atoms with Gasteiger partial charge in [0.15, 0.2) is 0 Å². The molecule has 1 aromatic carbocycles. The summed E-state index contributed by atoms with van der Waals surface area (Å²) in [4.78, 5) is 30.1. The van der Waals surface area contributed by atoms with Crippen molar-refractivity contribution in [3.63, 3.8) is 0 Å². The number of hydrogen-bond acceptors (Lipinski definition) is 3. The first-order chi connectivity index (χ1) is 12.5. The molecule has 6 heteroatoms. The minimum absolute atomic E-state index is 0.120. The summed E-state index contributed by atoms with van der Waals surface area (Å²) >= 11 is 1.68. The van der Waals surface area contributed by atoms with Gasteiger partial charge in [0.25, 0.3) is 0 Å². The van der Waals surface area contributed by atoms with Crippen molar-refractivity contribution < 1.29 is 9.59 Å². The molecule has 5 nitrogen and oxygen atoms in total. The van der Waals surface area contributed by atoms with Crippen LogP contribution in [-0.2, 0) is 11.3 Å². The molecule has 1 aromatic heterocycles. The lowest BCUT2D eigenvalue weighted by Crippen LogP contribution is -2.47. The number of amides is 3. The standard InChI is InChI=1S/C20H25N3O2S/c1-15-10-12-26-18(15)14-22(2)19(24)16-7-6-11-23(13-16)20(25)21-17-8-4-3-5-9-17/h3-5,8-10,12,16H,6-7,11,13-14H2,1-2H3,(H,21,25)/t16-/m1/s1. The Morgan fingerprint density at radius 1 is 1.27 bits per heavy atom. The van der Waals surface area contributed by atoms with Gasteiger partial charge in [0.1, 0.15) is 0 Å². The Morgan fingerprint density at radius 3 is 2.73 bits per heavy atom. The SMILES string of the molecule is Cc1ccsc1CN(C)C(=O)[C@@H]1CCCN(C(=O)Nc2ccccc2)C1. The monoisotopic (exact) mass is 371 g/mol. The molecule has 0 unspecified atom stereocenters. The summed E-state index contributed by atoms with van der Waals surface area (Å²) in [5.41, 5.74) is 2.00. The number of carbonyl (C=O) groups excluding carboxylic acids is 2. The number of benzene rings is 1. The van der Waals surface area contributed by atoms with Crippen LogP contribution < -0.4 is 5.32 Å². The van der Waals surface area contributed by atoms with Crippen LogP contribution in [0.15, 0.2) is 41.8 Å². The number of nitrogens with zero attached hydrogens (tertiary/aromatic N) is 2. The molecule has 1 aliphatic rings. The molecule has 26 heavy (non-hydrogen) atoms. The van der Waals surface area contributed by atoms with Crippen molar-refractivity contribution in [3.8, 4) is 0 Å². The average molecular weight is 372 g/mol. The number of nitrogens with one attached hydrogen (secondary N) is 1. The van der Waals surface area contributed by atoms with E-state index in [9.17, 15) is 9.59 Å². The van der Waals surface area contributed by atoms with E-state index in [-0.39, 0.29) is 17.9 Å². The lowest BCUT2D eigenvalue weighted by molar-refractivity contribution is -0.136. The van der Waals surface area contributed by atoms with Crippen LogP contribution >= 0.6 is 11.3 Å². The number of urea groups is 1. The van der Waals surface area contributed by atoms with Crippen LogP contribution in [-0.4, -0.2) is 41.9 Å². The smallest absolute Gasteiger partial charge is 0.321 e. The number of thiophene rings is 1. The summed E-state index contributed by atoms with van der Waals surface area (Å²) in [5, 5.41) is 4.96. The highest BCUT2D eigenvalue weighted by molar-refractivity contribution is 7.10. The Labute approximate surface area is 158 Å². The first kappa shape index (κ1) is 18.5. The van der Waals surface area contributed by atoms with E-state index < -0.39 is 0 Å². The van der Waals surface area contributed by atoms with Crippen LogP contribution in [0.1, 0.15) is 23.3 Å². The van der Waals surface area contributed by atoms with Gasteiger partial charge in [0.05, 0.1) is 12.5 Å². The van der Waals surface area contributed by atoms with Gasteiger partial charge in [-0.1, -0.05) is 18.2 Å². The molecule has 2 heterocycles. The van der Waals surface area contributed by atoms with Crippen molar-refractivity contribution >= 4 is 29.0 Å². The second kappa shape index (κ2) is 8.36. The molecule has 2 aromatic rings. The predicted molar refractivity (Wildman–Crippen MR) is 105 cm³/mol. The van der Waals surface area contributed by atoms with Gasteiger partial charge in [0.2, 0.25) is 5.91 Å². The highest BCUT2D eigenvalue weighted by Gasteiger charge is 2.30. The first-order valence-corrected chi connectivity index (χ1v) is 9.81. The number of aryl methyl sites for hydroxylation is 1. The largest absolute Gasteiger partial charge is 0.340 e. The zero-order valence-corrected chi connectivity index (χ0v) is 16.1. The molecule has 0 radical (unpaired) electrons. The van der Waals surface area contributed by atoms with E-state index in [1.54, 1.807) is 21.1 Å². The van der Waals surface area contributed by atoms with Crippen LogP contribution in [0.3, 0.4) is 0 Å². The Morgan fingerprint density at radius 2 is 2.04 bits per heavy atom. The molecule has 0 aliphatic carbocycles. The summed E-state index contributed by atoms with van der Waals surface area (Å²) in [6, 6.07) is 11.4. The number of anilines is 1. The molecule has 1 fully saturated rings. The fourth-order valence-corrected chi connectivity index (χ4v) is 4.22. The maximum atomic E-state index is 12.8. The van der Waals surface area contributed by atoms with Crippen LogP contribution in [0.25, 0.3) is 0 Å². The first-order valence-electron chi connectivity index (χ1n) is 8.93. The van der Waals surface area contributed by atoms with E-state index in [0.717, 1.165) is 18.5 Å². The third-order valence-electron chi connectivity index (χ3n) is 4.81. The molecule has 3 rings (SSSR count). The second-order valence-corrected chi connectivity index (χ2v) is 7.80. The van der Waals surface area contributed by atoms with Crippen molar-refractivity contribution in [2.45, 2.75) is 26.3 Å². The minimum atomic E-state index is -0.134. The zero-order valence-electron chi connectivity index (χ0n) is 15.3. The summed E-state index contributed by atoms with van der Waals surface area (Å²) in [7, 11) is 1.85. The lowest BCUT2D eigenvalue weighted by atomic mass is 9.97. The molecular formula is C20H25N3O2S. The fraction of sp³-hybridized carbons (Fsp3) is 0.400. The maximum Gasteiger partial charge on any atom is 0.321 e. The Bertz CT molecular complexity index is 759. The normalized spacial score (nSPS) is 17.0. The van der Waals surface area contributed by atoms with E-state index in [1.165, 1.54) is 10.4 Å². The number of carbonyl (C=O) groups is 2. The molecule has 3 amide bonds. The second-order valence-electron chi connectivity index (χ2n) is 6.80. The third kappa shape index (κ3) is 4.43. The molecular weight excluding hydrogens is 346 g/mol. The van der Waals surface area contributed by atoms with Gasteiger partial charge in [-0.05, 0) is 48.9 Å². The van der Waals surface area contributed by atoms with E-state index in [1.807, 2.05) is 37.4 Å². The van der Waals surface area contributed by atoms with Gasteiger partial charge in [-0.15, -0.1) is 11.3 Å². The Hall–Kier alpha value is -2.34. The van der Waals surface area contributed by atoms with Crippen molar-refractivity contribution in [2.75, 3.05) is 25.5 Å². The van der Waals surface area contributed by atoms with Gasteiger partial charge in [-0.25, -0.2) is 4.79 Å². The van der Waals surface area contributed by atoms with Crippen LogP contribution in [0, 0.1) is 12.8 Å². The molecule has 0 saturated carbocycles. The number of para-hydroxylation sites is 1. The summed E-state index contributed by atoms with van der Waals surface area (Å²) in [6.07, 6.45) is 1.69. The molecule has 0 spiro atoms. The van der Waals surface area contributed by atoms with E-state index in [0.29, 0.717) is 19.6 Å². The fourth-order valence-electron chi connectivity index (χ4n) is 3.26. The van der Waals surface area contributed by atoms with Crippen LogP contribution in [0.4, 0.5) is 10.5 Å². The number of hydrogen-bond donors (Lipinski definition) is 1. The molecule has 138 valence electrons. The van der Waals surface area contributed by atoms with Crippen molar-refractivity contribution in [2.24, 2.45) is 5.92 Å². The van der Waals surface area contributed by atoms with Crippen LogP contribution in [0.5, 0.6) is 0 Å². The summed E-state index contributed by atoms with van der Waals surface area (Å²) < 4.78 is 0. The highest BCUT2D eigenvalue weighted by atomic mass is 32.1. The van der Waals surface area contributed by atoms with Gasteiger partial charge >= 0.3 is 6.03 Å². The zero-order chi connectivity index (χ0) is 18.5. The quantitative estimate of drug-likeness (QED) is 0.884. The van der Waals surface area contributed by atoms with Gasteiger partial charge < -0.3 is 15.1 Å². The van der Waals surface area contributed by atoms with Crippen molar-refractivity contribution in [1.29, 1.82) is 0 Å². The molecule has 0 bridgehead atoms. The average Bonchev–Trinajstić information content (AvgIpc) is 3.06. The van der Waals surface area contributed by atoms with Crippen molar-refractivity contribution in [1.82, 2.24) is 9.80 Å². The van der Waals surface area contributed by atoms with Gasteiger partial charge in [-0.2, -0.15) is 0 Å². The topological polar surface area (TPSA) is 52.7 Å². The van der Waals surface area contributed by atoms with E-state index >= 15 is 0 Å². The van der Waals surface area contributed by atoms with Crippen molar-refractivity contribution in [3.05, 3.63) is 52.2 Å². The third-order valence-corrected chi connectivity index (χ3v) is 5.82. The summed E-state index contributed by atoms with van der Waals surface area (Å²) in [6.45, 7) is 3.87. The highest BCUT2D eigenvalue weighted by Crippen LogP contribution is 2.22. The molecule has 1 atom stereocenters. The minimum Gasteiger partial charge on any atom is -0.340 e. The molecule has 1 aliphatic heterocycles. The molecule has 1 saturated heterocycles. The molecule has 1 N–H and O–H groups in total. The number of rotatable bonds is 4. The van der Waals surface area contributed by atoms with E-state index in [2.05, 4.69) is 23.7 Å². The number of piperidine rings is 1. The van der Waals surface area contributed by atoms with Gasteiger partial charge in [-0.3, -0.25) is 4.79 Å². The van der Waals surface area contributed by atoms with Gasteiger partial charge in [0, 0.05) is 30.7 Å². The predicted octanol–water partition coefficient (Wildman–Crippen LogP) is 3.96. The van der Waals surface area contributed by atoms with Crippen LogP contribution in [0.2, 0.25) is 0 Å². The Balaban J connectivity index is 1.57. The van der Waals surface area contributed by atoms with E-state index in [4.69, 9.17) is 0 Å². The summed E-state index contributed by atoms with van der Waals surface area (Å²) in [5.74, 6) is -0.00875. The number of likely N-dealkylation sites (tertiary alicyclic amines) is 1. The Kier molecular flexibility index (Phi) is 5.93. The maximum absolute atomic E-state index is 12.8. The lowest BCUT2D eigenvalue weighted by Gasteiger charge is -2.34.